The molecule has 0 radical (unpaired) electrons. The summed E-state index contributed by atoms with van der Waals surface area (Å²) in [4.78, 5) is 22.7. The van der Waals surface area contributed by atoms with E-state index in [4.69, 9.17) is 0 Å². The number of hydrogen-bond donors (Lipinski definition) is 4. The number of aromatic amines is 1. The van der Waals surface area contributed by atoms with Gasteiger partial charge in [0.2, 0.25) is 0 Å². The van der Waals surface area contributed by atoms with E-state index in [0.29, 0.717) is 18.5 Å². The minimum absolute atomic E-state index is 0.185. The molecule has 4 atom stereocenters. The molecule has 1 aliphatic rings. The average molecular weight is 336 g/mol. The van der Waals surface area contributed by atoms with Crippen LogP contribution in [0.5, 0.6) is 0 Å². The van der Waals surface area contributed by atoms with Crippen LogP contribution in [0.4, 0.5) is 0 Å². The van der Waals surface area contributed by atoms with Crippen molar-refractivity contribution in [3.05, 3.63) is 23.0 Å². The fourth-order valence-electron chi connectivity index (χ4n) is 3.91. The van der Waals surface area contributed by atoms with Crippen LogP contribution in [0.25, 0.3) is 11.2 Å². The number of fused-ring (bicyclic) bond motifs is 1. The molecule has 8 nitrogen and oxygen atoms in total. The molecule has 1 unspecified atom stereocenters. The van der Waals surface area contributed by atoms with Crippen LogP contribution in [0.2, 0.25) is 0 Å². The van der Waals surface area contributed by atoms with Gasteiger partial charge in [0.25, 0.3) is 5.56 Å². The van der Waals surface area contributed by atoms with Crippen LogP contribution in [0.15, 0.2) is 17.4 Å². The lowest BCUT2D eigenvalue weighted by Gasteiger charge is -2.61. The van der Waals surface area contributed by atoms with Crippen molar-refractivity contribution >= 4 is 11.2 Å². The van der Waals surface area contributed by atoms with Crippen molar-refractivity contribution in [3.8, 4) is 0 Å². The molecule has 0 saturated heterocycles. The Morgan fingerprint density at radius 2 is 1.83 bits per heavy atom. The average Bonchev–Trinajstić information content (AvgIpc) is 2.96. The van der Waals surface area contributed by atoms with E-state index in [1.54, 1.807) is 25.3 Å². The summed E-state index contributed by atoms with van der Waals surface area (Å²) in [5.74, 6) is 0. The Kier molecular flexibility index (Phi) is 3.46. The molecule has 1 fully saturated rings. The lowest BCUT2D eigenvalue weighted by Crippen LogP contribution is -2.73. The lowest BCUT2D eigenvalue weighted by atomic mass is 9.52. The van der Waals surface area contributed by atoms with Gasteiger partial charge in [-0.1, -0.05) is 6.92 Å². The Morgan fingerprint density at radius 1 is 1.17 bits per heavy atom. The Hall–Kier alpha value is -1.77. The van der Waals surface area contributed by atoms with E-state index < -0.39 is 22.2 Å². The second kappa shape index (κ2) is 4.87. The summed E-state index contributed by atoms with van der Waals surface area (Å²) in [6.45, 7) is 6.42. The topological polar surface area (TPSA) is 124 Å². The number of nitrogens with one attached hydrogen (secondary N) is 1. The van der Waals surface area contributed by atoms with Gasteiger partial charge in [-0.05, 0) is 33.6 Å². The molecule has 2 aromatic rings. The number of aliphatic hydroxyl groups is 3. The Balaban J connectivity index is 2.23. The first-order chi connectivity index (χ1) is 11.0. The molecule has 0 aromatic carbocycles. The molecule has 1 aliphatic carbocycles. The van der Waals surface area contributed by atoms with Crippen LogP contribution in [-0.2, 0) is 5.54 Å². The van der Waals surface area contributed by atoms with Crippen LogP contribution in [-0.4, -0.2) is 52.6 Å². The highest BCUT2D eigenvalue weighted by atomic mass is 16.4. The zero-order valence-electron chi connectivity index (χ0n) is 14.4. The molecule has 132 valence electrons. The molecular formula is C16H24N4O4. The van der Waals surface area contributed by atoms with Crippen molar-refractivity contribution in [2.24, 2.45) is 5.41 Å². The molecular weight excluding hydrogens is 312 g/mol. The first-order valence-corrected chi connectivity index (χ1v) is 7.99. The highest BCUT2D eigenvalue weighted by Gasteiger charge is 2.66. The second-order valence-electron chi connectivity index (χ2n) is 7.66. The van der Waals surface area contributed by atoms with E-state index in [1.165, 1.54) is 12.7 Å². The monoisotopic (exact) mass is 336 g/mol. The maximum Gasteiger partial charge on any atom is 0.278 e. The zero-order valence-corrected chi connectivity index (χ0v) is 14.4. The minimum atomic E-state index is -1.60. The number of nitrogens with zero attached hydrogens (tertiary/aromatic N) is 3. The van der Waals surface area contributed by atoms with E-state index in [-0.39, 0.29) is 17.7 Å². The smallest absolute Gasteiger partial charge is 0.278 e. The predicted molar refractivity (Wildman–Crippen MR) is 87.5 cm³/mol. The van der Waals surface area contributed by atoms with Crippen molar-refractivity contribution in [3.63, 3.8) is 0 Å². The second-order valence-corrected chi connectivity index (χ2v) is 7.66. The maximum absolute atomic E-state index is 11.9. The fraction of sp³-hybridized carbons (Fsp3) is 0.688. The highest BCUT2D eigenvalue weighted by Crippen LogP contribution is 2.56. The van der Waals surface area contributed by atoms with Gasteiger partial charge in [0.05, 0.1) is 24.8 Å². The van der Waals surface area contributed by atoms with E-state index in [1.807, 2.05) is 6.92 Å². The third-order valence-electron chi connectivity index (χ3n) is 6.56. The molecule has 24 heavy (non-hydrogen) atoms. The summed E-state index contributed by atoms with van der Waals surface area (Å²) < 4.78 is 1.66. The van der Waals surface area contributed by atoms with Gasteiger partial charge in [-0.25, -0.2) is 9.97 Å². The molecule has 3 rings (SSSR count). The van der Waals surface area contributed by atoms with Crippen molar-refractivity contribution in [2.45, 2.75) is 57.3 Å². The quantitative estimate of drug-likeness (QED) is 0.618. The van der Waals surface area contributed by atoms with Gasteiger partial charge in [0.15, 0.2) is 11.2 Å². The van der Waals surface area contributed by atoms with Crippen LogP contribution in [0.3, 0.4) is 0 Å². The summed E-state index contributed by atoms with van der Waals surface area (Å²) in [5, 5.41) is 32.3. The molecule has 4 N–H and O–H groups in total. The molecule has 2 aromatic heterocycles. The molecule has 0 bridgehead atoms. The minimum Gasteiger partial charge on any atom is -0.396 e. The van der Waals surface area contributed by atoms with Gasteiger partial charge in [-0.3, -0.25) is 4.79 Å². The summed E-state index contributed by atoms with van der Waals surface area (Å²) in [5.41, 5.74) is -4.80. The Labute approximate surface area is 139 Å². The molecule has 0 aliphatic heterocycles. The molecule has 2 heterocycles. The van der Waals surface area contributed by atoms with Crippen LogP contribution in [0, 0.1) is 5.41 Å². The predicted octanol–water partition coefficient (Wildman–Crippen LogP) is 0.129. The molecule has 0 amide bonds. The van der Waals surface area contributed by atoms with Crippen LogP contribution >= 0.6 is 0 Å². The van der Waals surface area contributed by atoms with E-state index in [2.05, 4.69) is 15.0 Å². The SMILES string of the molecule is CC1(O)[C@](C)(n2cnc3c(=O)[nH]cnc32)CC[C@](C)(CO)[C@]1(C)O. The maximum atomic E-state index is 11.9. The first-order valence-electron chi connectivity index (χ1n) is 7.99. The van der Waals surface area contributed by atoms with Gasteiger partial charge < -0.3 is 24.9 Å². The van der Waals surface area contributed by atoms with Gasteiger partial charge >= 0.3 is 0 Å². The van der Waals surface area contributed by atoms with E-state index >= 15 is 0 Å². The number of hydrogen-bond acceptors (Lipinski definition) is 6. The van der Waals surface area contributed by atoms with Crippen molar-refractivity contribution in [2.75, 3.05) is 6.61 Å². The number of aliphatic hydroxyl groups excluding tert-OH is 1. The summed E-state index contributed by atoms with van der Waals surface area (Å²) in [6.07, 6.45) is 3.73. The normalized spacial score (nSPS) is 40.1. The van der Waals surface area contributed by atoms with Gasteiger partial charge in [-0.2, -0.15) is 0 Å². The highest BCUT2D eigenvalue weighted by molar-refractivity contribution is 5.69. The zero-order chi connectivity index (χ0) is 18.0. The lowest BCUT2D eigenvalue weighted by molar-refractivity contribution is -0.269. The van der Waals surface area contributed by atoms with Crippen LogP contribution < -0.4 is 5.56 Å². The standard InChI is InChI=1S/C16H24N4O4/c1-13(7-21)5-6-14(2,16(4,24)15(13,3)23)20-9-19-10-11(20)17-8-18-12(10)22/h8-9,21,23-24H,5-7H2,1-4H3,(H,17,18,22)/t13-,14-,15+,16?/m1/s1. The number of H-pyrrole nitrogens is 1. The van der Waals surface area contributed by atoms with Crippen molar-refractivity contribution in [1.82, 2.24) is 19.5 Å². The summed E-state index contributed by atoms with van der Waals surface area (Å²) in [6, 6.07) is 0. The number of aromatic nitrogens is 4. The van der Waals surface area contributed by atoms with Crippen molar-refractivity contribution < 1.29 is 15.3 Å². The third kappa shape index (κ3) is 1.81. The molecule has 0 spiro atoms. The summed E-state index contributed by atoms with van der Waals surface area (Å²) in [7, 11) is 0. The molecule has 8 heteroatoms. The van der Waals surface area contributed by atoms with E-state index in [9.17, 15) is 20.1 Å². The fourth-order valence-corrected chi connectivity index (χ4v) is 3.91. The number of rotatable bonds is 2. The van der Waals surface area contributed by atoms with Crippen LogP contribution in [0.1, 0.15) is 40.5 Å². The molecule has 1 saturated carbocycles. The van der Waals surface area contributed by atoms with Gasteiger partial charge in [0, 0.05) is 5.41 Å². The third-order valence-corrected chi connectivity index (χ3v) is 6.56. The Bertz CT molecular complexity index is 840. The Morgan fingerprint density at radius 3 is 2.46 bits per heavy atom. The largest absolute Gasteiger partial charge is 0.396 e. The first kappa shape index (κ1) is 17.1. The number of imidazole rings is 1. The van der Waals surface area contributed by atoms with Gasteiger partial charge in [0.1, 0.15) is 11.2 Å². The van der Waals surface area contributed by atoms with Crippen molar-refractivity contribution in [1.29, 1.82) is 0 Å². The van der Waals surface area contributed by atoms with Gasteiger partial charge in [-0.15, -0.1) is 0 Å². The summed E-state index contributed by atoms with van der Waals surface area (Å²) >= 11 is 0. The van der Waals surface area contributed by atoms with E-state index in [0.717, 1.165) is 0 Å².